The van der Waals surface area contributed by atoms with Crippen LogP contribution in [0.5, 0.6) is 0 Å². The number of methoxy groups -OCH3 is 1. The number of hydrogen-bond donors (Lipinski definition) is 3. The van der Waals surface area contributed by atoms with Crippen LogP contribution in [-0.4, -0.2) is 37.1 Å². The third kappa shape index (κ3) is 5.19. The van der Waals surface area contributed by atoms with Crippen LogP contribution in [0.2, 0.25) is 0 Å². The summed E-state index contributed by atoms with van der Waals surface area (Å²) in [4.78, 5) is 33.6. The Morgan fingerprint density at radius 1 is 1.12 bits per heavy atom. The zero-order chi connectivity index (χ0) is 13.6. The Kier molecular flexibility index (Phi) is 6.01. The van der Waals surface area contributed by atoms with Gasteiger partial charge in [0.1, 0.15) is 12.1 Å². The van der Waals surface area contributed by atoms with Crippen LogP contribution in [0.1, 0.15) is 20.8 Å². The summed E-state index contributed by atoms with van der Waals surface area (Å²) in [7, 11) is 1.23. The molecule has 0 aliphatic heterocycles. The molecule has 0 saturated heterocycles. The van der Waals surface area contributed by atoms with Gasteiger partial charge < -0.3 is 21.1 Å². The van der Waals surface area contributed by atoms with Crippen LogP contribution in [0.15, 0.2) is 0 Å². The van der Waals surface area contributed by atoms with Gasteiger partial charge >= 0.3 is 12.0 Å². The van der Waals surface area contributed by atoms with E-state index >= 15 is 0 Å². The lowest BCUT2D eigenvalue weighted by atomic mass is 10.0. The van der Waals surface area contributed by atoms with Crippen LogP contribution in [-0.2, 0) is 14.3 Å². The van der Waals surface area contributed by atoms with Crippen LogP contribution in [0.4, 0.5) is 4.79 Å². The summed E-state index contributed by atoms with van der Waals surface area (Å²) in [5.74, 6) is -1.18. The Morgan fingerprint density at radius 2 is 1.65 bits per heavy atom. The molecule has 2 atom stereocenters. The third-order valence-electron chi connectivity index (χ3n) is 2.16. The Bertz CT molecular complexity index is 304. The van der Waals surface area contributed by atoms with Crippen LogP contribution in [0.25, 0.3) is 0 Å². The molecule has 0 rings (SSSR count). The molecule has 0 heterocycles. The zero-order valence-corrected chi connectivity index (χ0v) is 10.4. The van der Waals surface area contributed by atoms with Crippen molar-refractivity contribution >= 4 is 17.9 Å². The van der Waals surface area contributed by atoms with E-state index in [4.69, 9.17) is 5.73 Å². The number of carbonyl (C=O) groups is 3. The lowest BCUT2D eigenvalue weighted by Gasteiger charge is -2.22. The zero-order valence-electron chi connectivity index (χ0n) is 10.4. The molecule has 0 radical (unpaired) electrons. The molecule has 7 nitrogen and oxygen atoms in total. The van der Waals surface area contributed by atoms with E-state index in [1.165, 1.54) is 14.0 Å². The van der Waals surface area contributed by atoms with Crippen molar-refractivity contribution < 1.29 is 19.1 Å². The summed E-state index contributed by atoms with van der Waals surface area (Å²) in [5.41, 5.74) is 4.96. The molecule has 7 heteroatoms. The largest absolute Gasteiger partial charge is 0.467 e. The van der Waals surface area contributed by atoms with Gasteiger partial charge in [0, 0.05) is 0 Å². The summed E-state index contributed by atoms with van der Waals surface area (Å²) in [5, 5.41) is 4.75. The number of nitrogens with one attached hydrogen (secondary N) is 2. The minimum absolute atomic E-state index is 0.146. The SMILES string of the molecule is COC(=O)C(C)NC(=O)C(NC(N)=O)C(C)C. The number of carbonyl (C=O) groups excluding carboxylic acids is 3. The monoisotopic (exact) mass is 245 g/mol. The molecule has 0 aliphatic carbocycles. The van der Waals surface area contributed by atoms with E-state index in [9.17, 15) is 14.4 Å². The van der Waals surface area contributed by atoms with E-state index in [0.717, 1.165) is 0 Å². The maximum Gasteiger partial charge on any atom is 0.328 e. The second-order valence-corrected chi connectivity index (χ2v) is 3.98. The number of esters is 1. The molecule has 0 fully saturated rings. The molecule has 98 valence electrons. The molecule has 0 spiro atoms. The average molecular weight is 245 g/mol. The molecule has 0 aromatic heterocycles. The van der Waals surface area contributed by atoms with Gasteiger partial charge in [0.25, 0.3) is 0 Å². The van der Waals surface area contributed by atoms with Crippen molar-refractivity contribution in [2.24, 2.45) is 11.7 Å². The quantitative estimate of drug-likeness (QED) is 0.559. The molecule has 0 aromatic rings. The molecule has 0 aromatic carbocycles. The predicted octanol–water partition coefficient (Wildman–Crippen LogP) is -0.643. The van der Waals surface area contributed by atoms with Crippen molar-refractivity contribution in [2.75, 3.05) is 7.11 Å². The van der Waals surface area contributed by atoms with Crippen molar-refractivity contribution in [2.45, 2.75) is 32.9 Å². The fourth-order valence-electron chi connectivity index (χ4n) is 1.23. The van der Waals surface area contributed by atoms with Crippen LogP contribution in [0.3, 0.4) is 0 Å². The summed E-state index contributed by atoms with van der Waals surface area (Å²) < 4.78 is 4.47. The summed E-state index contributed by atoms with van der Waals surface area (Å²) in [6.07, 6.45) is 0. The number of hydrogen-bond acceptors (Lipinski definition) is 4. The number of urea groups is 1. The normalized spacial score (nSPS) is 13.7. The second kappa shape index (κ2) is 6.72. The first-order valence-electron chi connectivity index (χ1n) is 5.23. The highest BCUT2D eigenvalue weighted by Gasteiger charge is 2.26. The average Bonchev–Trinajstić information content (AvgIpc) is 2.23. The summed E-state index contributed by atoms with van der Waals surface area (Å²) >= 11 is 0. The third-order valence-corrected chi connectivity index (χ3v) is 2.16. The van der Waals surface area contributed by atoms with Gasteiger partial charge in [0.05, 0.1) is 7.11 Å². The van der Waals surface area contributed by atoms with Crippen molar-refractivity contribution in [3.63, 3.8) is 0 Å². The number of nitrogens with two attached hydrogens (primary N) is 1. The smallest absolute Gasteiger partial charge is 0.328 e. The molecule has 0 saturated carbocycles. The number of primary amides is 1. The van der Waals surface area contributed by atoms with Gasteiger partial charge in [-0.25, -0.2) is 9.59 Å². The Hall–Kier alpha value is -1.79. The predicted molar refractivity (Wildman–Crippen MR) is 61.0 cm³/mol. The van der Waals surface area contributed by atoms with Gasteiger partial charge in [-0.05, 0) is 12.8 Å². The maximum absolute atomic E-state index is 11.8. The Balaban J connectivity index is 4.53. The molecule has 17 heavy (non-hydrogen) atoms. The minimum Gasteiger partial charge on any atom is -0.467 e. The Labute approximate surface area is 100 Å². The minimum atomic E-state index is -0.787. The fraction of sp³-hybridized carbons (Fsp3) is 0.700. The lowest BCUT2D eigenvalue weighted by molar-refractivity contribution is -0.144. The Morgan fingerprint density at radius 3 is 2.00 bits per heavy atom. The van der Waals surface area contributed by atoms with Gasteiger partial charge in [-0.2, -0.15) is 0 Å². The summed E-state index contributed by atoms with van der Waals surface area (Å²) in [6, 6.07) is -2.34. The van der Waals surface area contributed by atoms with Crippen LogP contribution < -0.4 is 16.4 Å². The van der Waals surface area contributed by atoms with E-state index in [0.29, 0.717) is 0 Å². The molecule has 3 amide bonds. The van der Waals surface area contributed by atoms with Gasteiger partial charge in [-0.15, -0.1) is 0 Å². The molecule has 2 unspecified atom stereocenters. The highest BCUT2D eigenvalue weighted by molar-refractivity contribution is 5.90. The first-order chi connectivity index (χ1) is 7.79. The van der Waals surface area contributed by atoms with Crippen molar-refractivity contribution in [1.82, 2.24) is 10.6 Å². The van der Waals surface area contributed by atoms with E-state index in [2.05, 4.69) is 15.4 Å². The van der Waals surface area contributed by atoms with Crippen LogP contribution >= 0.6 is 0 Å². The van der Waals surface area contributed by atoms with Gasteiger partial charge in [0.2, 0.25) is 5.91 Å². The van der Waals surface area contributed by atoms with E-state index in [1.807, 2.05) is 0 Å². The number of amides is 3. The molecular formula is C10H19N3O4. The van der Waals surface area contributed by atoms with Gasteiger partial charge in [-0.1, -0.05) is 13.8 Å². The molecule has 0 aliphatic rings. The van der Waals surface area contributed by atoms with Gasteiger partial charge in [0.15, 0.2) is 0 Å². The molecule has 0 bridgehead atoms. The standard InChI is InChI=1S/C10H19N3O4/c1-5(2)7(13-10(11)16)8(14)12-6(3)9(15)17-4/h5-7H,1-4H3,(H,12,14)(H3,11,13,16). The van der Waals surface area contributed by atoms with Crippen molar-refractivity contribution in [3.8, 4) is 0 Å². The lowest BCUT2D eigenvalue weighted by Crippen LogP contribution is -2.54. The van der Waals surface area contributed by atoms with E-state index in [1.54, 1.807) is 13.8 Å². The highest BCUT2D eigenvalue weighted by Crippen LogP contribution is 2.02. The highest BCUT2D eigenvalue weighted by atomic mass is 16.5. The molecule has 4 N–H and O–H groups in total. The van der Waals surface area contributed by atoms with E-state index in [-0.39, 0.29) is 5.92 Å². The molecular weight excluding hydrogens is 226 g/mol. The number of ether oxygens (including phenoxy) is 1. The summed E-state index contributed by atoms with van der Waals surface area (Å²) in [6.45, 7) is 5.00. The maximum atomic E-state index is 11.8. The van der Waals surface area contributed by atoms with Gasteiger partial charge in [-0.3, -0.25) is 4.79 Å². The van der Waals surface area contributed by atoms with Crippen LogP contribution in [0, 0.1) is 5.92 Å². The van der Waals surface area contributed by atoms with Crippen molar-refractivity contribution in [1.29, 1.82) is 0 Å². The first kappa shape index (κ1) is 15.2. The topological polar surface area (TPSA) is 111 Å². The fourth-order valence-corrected chi connectivity index (χ4v) is 1.23. The van der Waals surface area contributed by atoms with Crippen molar-refractivity contribution in [3.05, 3.63) is 0 Å². The first-order valence-corrected chi connectivity index (χ1v) is 5.23. The second-order valence-electron chi connectivity index (χ2n) is 3.98. The number of rotatable bonds is 5. The van der Waals surface area contributed by atoms with E-state index < -0.39 is 30.0 Å².